The standard InChI is InChI=1S/C23H21BrN2O2/c24-19-5-1-4-18(11-19)21-12-22(21)23(27)26-14-16-6-8-20(9-7-16)28-15-17-3-2-10-25-13-17/h1-11,13,21-22H,12,14-15H2,(H,26,27). The number of carbonyl (C=O) groups excluding carboxylic acids is 1. The quantitative estimate of drug-likeness (QED) is 0.576. The van der Waals surface area contributed by atoms with E-state index in [2.05, 4.69) is 38.4 Å². The topological polar surface area (TPSA) is 51.2 Å². The Balaban J connectivity index is 1.24. The normalized spacial score (nSPS) is 17.8. The van der Waals surface area contributed by atoms with Gasteiger partial charge in [0.25, 0.3) is 0 Å². The lowest BCUT2D eigenvalue weighted by Gasteiger charge is -2.08. The van der Waals surface area contributed by atoms with E-state index in [9.17, 15) is 4.79 Å². The molecular weight excluding hydrogens is 416 g/mol. The number of aromatic nitrogens is 1. The number of pyridine rings is 1. The number of carbonyl (C=O) groups is 1. The molecule has 1 fully saturated rings. The number of nitrogens with one attached hydrogen (secondary N) is 1. The zero-order valence-electron chi connectivity index (χ0n) is 15.3. The highest BCUT2D eigenvalue weighted by atomic mass is 79.9. The minimum Gasteiger partial charge on any atom is -0.489 e. The fourth-order valence-corrected chi connectivity index (χ4v) is 3.68. The van der Waals surface area contributed by atoms with Crippen molar-refractivity contribution in [2.45, 2.75) is 25.5 Å². The van der Waals surface area contributed by atoms with E-state index in [-0.39, 0.29) is 11.8 Å². The Bertz CT molecular complexity index is 944. The van der Waals surface area contributed by atoms with Crippen LogP contribution in [0.5, 0.6) is 5.75 Å². The molecule has 0 radical (unpaired) electrons. The molecule has 0 bridgehead atoms. The van der Waals surface area contributed by atoms with Crippen molar-refractivity contribution in [3.63, 3.8) is 0 Å². The van der Waals surface area contributed by atoms with E-state index in [1.54, 1.807) is 12.4 Å². The monoisotopic (exact) mass is 436 g/mol. The van der Waals surface area contributed by atoms with Crippen LogP contribution in [0.15, 0.2) is 77.5 Å². The van der Waals surface area contributed by atoms with Gasteiger partial charge in [0.2, 0.25) is 5.91 Å². The van der Waals surface area contributed by atoms with E-state index in [1.807, 2.05) is 48.5 Å². The maximum absolute atomic E-state index is 12.4. The Hall–Kier alpha value is -2.66. The Morgan fingerprint density at radius 1 is 1.11 bits per heavy atom. The second-order valence-electron chi connectivity index (χ2n) is 7.02. The highest BCUT2D eigenvalue weighted by Gasteiger charge is 2.43. The average Bonchev–Trinajstić information content (AvgIpc) is 3.53. The van der Waals surface area contributed by atoms with Crippen LogP contribution in [-0.4, -0.2) is 10.9 Å². The van der Waals surface area contributed by atoms with Gasteiger partial charge in [0, 0.05) is 34.9 Å². The van der Waals surface area contributed by atoms with Gasteiger partial charge in [-0.15, -0.1) is 0 Å². The van der Waals surface area contributed by atoms with Crippen LogP contribution in [0.25, 0.3) is 0 Å². The fourth-order valence-electron chi connectivity index (χ4n) is 3.26. The first-order valence-electron chi connectivity index (χ1n) is 9.33. The number of hydrogen-bond acceptors (Lipinski definition) is 3. The minimum atomic E-state index is 0.0800. The zero-order valence-corrected chi connectivity index (χ0v) is 16.9. The molecule has 28 heavy (non-hydrogen) atoms. The van der Waals surface area contributed by atoms with Gasteiger partial charge in [-0.3, -0.25) is 9.78 Å². The SMILES string of the molecule is O=C(NCc1ccc(OCc2cccnc2)cc1)C1CC1c1cccc(Br)c1. The number of rotatable bonds is 7. The van der Waals surface area contributed by atoms with Gasteiger partial charge in [0.15, 0.2) is 0 Å². The van der Waals surface area contributed by atoms with Crippen molar-refractivity contribution in [2.24, 2.45) is 5.92 Å². The molecule has 1 heterocycles. The van der Waals surface area contributed by atoms with Crippen LogP contribution in [0, 0.1) is 5.92 Å². The predicted molar refractivity (Wildman–Crippen MR) is 112 cm³/mol. The average molecular weight is 437 g/mol. The lowest BCUT2D eigenvalue weighted by Crippen LogP contribution is -2.24. The summed E-state index contributed by atoms with van der Waals surface area (Å²) in [5.74, 6) is 1.34. The van der Waals surface area contributed by atoms with Crippen molar-refractivity contribution < 1.29 is 9.53 Å². The van der Waals surface area contributed by atoms with Crippen molar-refractivity contribution in [1.29, 1.82) is 0 Å². The molecule has 1 N–H and O–H groups in total. The van der Waals surface area contributed by atoms with Gasteiger partial charge in [-0.1, -0.05) is 46.3 Å². The largest absolute Gasteiger partial charge is 0.489 e. The summed E-state index contributed by atoms with van der Waals surface area (Å²) in [7, 11) is 0. The summed E-state index contributed by atoms with van der Waals surface area (Å²) in [6, 6.07) is 19.9. The van der Waals surface area contributed by atoms with Crippen molar-refractivity contribution in [3.8, 4) is 5.75 Å². The van der Waals surface area contributed by atoms with Gasteiger partial charge in [-0.05, 0) is 53.8 Å². The highest BCUT2D eigenvalue weighted by Crippen LogP contribution is 2.47. The molecule has 2 unspecified atom stereocenters. The molecule has 5 heteroatoms. The number of halogens is 1. The maximum Gasteiger partial charge on any atom is 0.224 e. The molecule has 1 saturated carbocycles. The Morgan fingerprint density at radius 3 is 2.71 bits per heavy atom. The number of hydrogen-bond donors (Lipinski definition) is 1. The Morgan fingerprint density at radius 2 is 1.96 bits per heavy atom. The van der Waals surface area contributed by atoms with Crippen molar-refractivity contribution >= 4 is 21.8 Å². The van der Waals surface area contributed by atoms with Crippen molar-refractivity contribution in [1.82, 2.24) is 10.3 Å². The van der Waals surface area contributed by atoms with E-state index in [0.717, 1.165) is 27.8 Å². The van der Waals surface area contributed by atoms with Crippen LogP contribution in [0.4, 0.5) is 0 Å². The lowest BCUT2D eigenvalue weighted by molar-refractivity contribution is -0.122. The summed E-state index contributed by atoms with van der Waals surface area (Å²) < 4.78 is 6.82. The molecule has 2 atom stereocenters. The van der Waals surface area contributed by atoms with E-state index >= 15 is 0 Å². The van der Waals surface area contributed by atoms with E-state index in [0.29, 0.717) is 19.1 Å². The number of ether oxygens (including phenoxy) is 1. The Kier molecular flexibility index (Phi) is 5.72. The third kappa shape index (κ3) is 4.78. The third-order valence-electron chi connectivity index (χ3n) is 4.92. The number of amides is 1. The van der Waals surface area contributed by atoms with Crippen molar-refractivity contribution in [3.05, 3.63) is 94.2 Å². The van der Waals surface area contributed by atoms with E-state index < -0.39 is 0 Å². The lowest BCUT2D eigenvalue weighted by atomic mass is 10.1. The summed E-state index contributed by atoms with van der Waals surface area (Å²) in [5, 5.41) is 3.05. The van der Waals surface area contributed by atoms with Gasteiger partial charge in [0.1, 0.15) is 12.4 Å². The molecule has 4 nitrogen and oxygen atoms in total. The Labute approximate surface area is 173 Å². The molecule has 0 spiro atoms. The molecule has 2 aromatic carbocycles. The highest BCUT2D eigenvalue weighted by molar-refractivity contribution is 9.10. The van der Waals surface area contributed by atoms with Gasteiger partial charge >= 0.3 is 0 Å². The molecule has 1 aliphatic carbocycles. The summed E-state index contributed by atoms with van der Waals surface area (Å²) in [6.45, 7) is 1.02. The first-order valence-corrected chi connectivity index (χ1v) is 10.1. The molecular formula is C23H21BrN2O2. The van der Waals surface area contributed by atoms with Crippen LogP contribution in [0.2, 0.25) is 0 Å². The molecule has 1 aromatic heterocycles. The first kappa shape index (κ1) is 18.7. The number of nitrogens with zero attached hydrogens (tertiary/aromatic N) is 1. The second kappa shape index (κ2) is 8.57. The summed E-state index contributed by atoms with van der Waals surface area (Å²) in [5.41, 5.74) is 3.31. The van der Waals surface area contributed by atoms with Crippen LogP contribution in [0.3, 0.4) is 0 Å². The fraction of sp³-hybridized carbons (Fsp3) is 0.217. The maximum atomic E-state index is 12.4. The minimum absolute atomic E-state index is 0.0800. The summed E-state index contributed by atoms with van der Waals surface area (Å²) in [6.07, 6.45) is 4.46. The van der Waals surface area contributed by atoms with Gasteiger partial charge in [0.05, 0.1) is 0 Å². The molecule has 3 aromatic rings. The van der Waals surface area contributed by atoms with E-state index in [4.69, 9.17) is 4.74 Å². The molecule has 0 saturated heterocycles. The smallest absolute Gasteiger partial charge is 0.224 e. The molecule has 1 amide bonds. The number of benzene rings is 2. The van der Waals surface area contributed by atoms with Crippen LogP contribution in [0.1, 0.15) is 29.0 Å². The van der Waals surface area contributed by atoms with Crippen LogP contribution >= 0.6 is 15.9 Å². The predicted octanol–water partition coefficient (Wildman–Crippen LogP) is 4.84. The molecule has 4 rings (SSSR count). The molecule has 1 aliphatic rings. The van der Waals surface area contributed by atoms with Crippen LogP contribution < -0.4 is 10.1 Å². The van der Waals surface area contributed by atoms with Gasteiger partial charge < -0.3 is 10.1 Å². The van der Waals surface area contributed by atoms with Gasteiger partial charge in [-0.2, -0.15) is 0 Å². The van der Waals surface area contributed by atoms with Crippen LogP contribution in [-0.2, 0) is 17.9 Å². The summed E-state index contributed by atoms with van der Waals surface area (Å²) >= 11 is 3.49. The molecule has 0 aliphatic heterocycles. The zero-order chi connectivity index (χ0) is 19.3. The van der Waals surface area contributed by atoms with Crippen molar-refractivity contribution in [2.75, 3.05) is 0 Å². The third-order valence-corrected chi connectivity index (χ3v) is 5.42. The second-order valence-corrected chi connectivity index (χ2v) is 7.93. The first-order chi connectivity index (χ1) is 13.7. The van der Waals surface area contributed by atoms with Gasteiger partial charge in [-0.25, -0.2) is 0 Å². The van der Waals surface area contributed by atoms with E-state index in [1.165, 1.54) is 5.56 Å². The molecule has 142 valence electrons. The summed E-state index contributed by atoms with van der Waals surface area (Å²) in [4.78, 5) is 16.5.